The van der Waals surface area contributed by atoms with Crippen LogP contribution in [0.4, 0.5) is 0 Å². The number of rotatable bonds is 8. The van der Waals surface area contributed by atoms with E-state index in [4.69, 9.17) is 4.74 Å². The number of benzene rings is 2. The van der Waals surface area contributed by atoms with Crippen LogP contribution in [0.5, 0.6) is 0 Å². The van der Waals surface area contributed by atoms with E-state index in [1.807, 2.05) is 12.1 Å². The molecule has 0 spiro atoms. The summed E-state index contributed by atoms with van der Waals surface area (Å²) in [6.45, 7) is 11.6. The van der Waals surface area contributed by atoms with Crippen LogP contribution in [-0.4, -0.2) is 54.6 Å². The third kappa shape index (κ3) is 6.66. The first-order valence-electron chi connectivity index (χ1n) is 10.9. The maximum atomic E-state index is 12.6. The first-order valence-corrected chi connectivity index (χ1v) is 10.9. The minimum Gasteiger partial charge on any atom is -0.373 e. The Kier molecular flexibility index (Phi) is 8.02. The second-order valence-corrected chi connectivity index (χ2v) is 8.48. The van der Waals surface area contributed by atoms with Crippen molar-refractivity contribution in [2.75, 3.05) is 26.7 Å². The SMILES string of the molecule is CCN(C)Cc1cccc(CNC(=O)c2ccc(CN3CC(C)OC(C)C3)cc2)c1. The van der Waals surface area contributed by atoms with Crippen LogP contribution in [0.25, 0.3) is 0 Å². The van der Waals surface area contributed by atoms with Crippen molar-refractivity contribution < 1.29 is 9.53 Å². The van der Waals surface area contributed by atoms with Gasteiger partial charge < -0.3 is 15.0 Å². The van der Waals surface area contributed by atoms with E-state index in [0.29, 0.717) is 12.1 Å². The van der Waals surface area contributed by atoms with Gasteiger partial charge >= 0.3 is 0 Å². The van der Waals surface area contributed by atoms with Crippen LogP contribution in [0.3, 0.4) is 0 Å². The summed E-state index contributed by atoms with van der Waals surface area (Å²) >= 11 is 0. The van der Waals surface area contributed by atoms with Gasteiger partial charge in [0.2, 0.25) is 0 Å². The molecule has 1 fully saturated rings. The molecule has 0 aromatic heterocycles. The monoisotopic (exact) mass is 409 g/mol. The molecule has 2 unspecified atom stereocenters. The van der Waals surface area contributed by atoms with E-state index in [9.17, 15) is 4.79 Å². The summed E-state index contributed by atoms with van der Waals surface area (Å²) in [4.78, 5) is 17.2. The maximum Gasteiger partial charge on any atom is 0.251 e. The van der Waals surface area contributed by atoms with E-state index in [2.05, 4.69) is 79.3 Å². The minimum absolute atomic E-state index is 0.0359. The highest BCUT2D eigenvalue weighted by atomic mass is 16.5. The molecule has 2 aromatic rings. The third-order valence-corrected chi connectivity index (χ3v) is 5.55. The fourth-order valence-electron chi connectivity index (χ4n) is 3.98. The van der Waals surface area contributed by atoms with E-state index < -0.39 is 0 Å². The fraction of sp³-hybridized carbons (Fsp3) is 0.480. The lowest BCUT2D eigenvalue weighted by molar-refractivity contribution is -0.0704. The van der Waals surface area contributed by atoms with Crippen molar-refractivity contribution in [3.05, 3.63) is 70.8 Å². The van der Waals surface area contributed by atoms with Crippen LogP contribution < -0.4 is 5.32 Å². The Balaban J connectivity index is 1.52. The van der Waals surface area contributed by atoms with Crippen molar-refractivity contribution in [2.45, 2.75) is 52.6 Å². The lowest BCUT2D eigenvalue weighted by Gasteiger charge is -2.35. The molecule has 1 amide bonds. The first kappa shape index (κ1) is 22.5. The quantitative estimate of drug-likeness (QED) is 0.722. The van der Waals surface area contributed by atoms with Crippen LogP contribution in [-0.2, 0) is 24.4 Å². The van der Waals surface area contributed by atoms with Gasteiger partial charge in [0.15, 0.2) is 0 Å². The second-order valence-electron chi connectivity index (χ2n) is 8.48. The molecule has 0 saturated carbocycles. The highest BCUT2D eigenvalue weighted by Gasteiger charge is 2.22. The van der Waals surface area contributed by atoms with Gasteiger partial charge in [-0.2, -0.15) is 0 Å². The molecule has 5 heteroatoms. The third-order valence-electron chi connectivity index (χ3n) is 5.55. The van der Waals surface area contributed by atoms with Gasteiger partial charge in [-0.3, -0.25) is 9.69 Å². The van der Waals surface area contributed by atoms with E-state index >= 15 is 0 Å². The van der Waals surface area contributed by atoms with E-state index in [-0.39, 0.29) is 18.1 Å². The van der Waals surface area contributed by atoms with E-state index in [0.717, 1.165) is 38.3 Å². The number of nitrogens with one attached hydrogen (secondary N) is 1. The number of hydrogen-bond acceptors (Lipinski definition) is 4. The Labute approximate surface area is 181 Å². The zero-order chi connectivity index (χ0) is 21.5. The van der Waals surface area contributed by atoms with Gasteiger partial charge in [-0.05, 0) is 56.3 Å². The molecule has 2 atom stereocenters. The second kappa shape index (κ2) is 10.7. The van der Waals surface area contributed by atoms with Gasteiger partial charge in [0.25, 0.3) is 5.91 Å². The van der Waals surface area contributed by atoms with Crippen molar-refractivity contribution in [3.8, 4) is 0 Å². The predicted molar refractivity (Wildman–Crippen MR) is 121 cm³/mol. The molecule has 1 heterocycles. The van der Waals surface area contributed by atoms with Gasteiger partial charge in [0.1, 0.15) is 0 Å². The van der Waals surface area contributed by atoms with Gasteiger partial charge in [0, 0.05) is 38.3 Å². The molecule has 162 valence electrons. The van der Waals surface area contributed by atoms with Crippen LogP contribution in [0.15, 0.2) is 48.5 Å². The van der Waals surface area contributed by atoms with E-state index in [1.165, 1.54) is 11.1 Å². The predicted octanol–water partition coefficient (Wildman–Crippen LogP) is 3.68. The van der Waals surface area contributed by atoms with Gasteiger partial charge in [0.05, 0.1) is 12.2 Å². The Morgan fingerprint density at radius 2 is 1.73 bits per heavy atom. The summed E-state index contributed by atoms with van der Waals surface area (Å²) in [5, 5.41) is 3.04. The molecule has 2 aromatic carbocycles. The highest BCUT2D eigenvalue weighted by molar-refractivity contribution is 5.94. The lowest BCUT2D eigenvalue weighted by Crippen LogP contribution is -2.44. The summed E-state index contributed by atoms with van der Waals surface area (Å²) in [5.74, 6) is -0.0359. The molecule has 0 aliphatic carbocycles. The number of hydrogen-bond donors (Lipinski definition) is 1. The standard InChI is InChI=1S/C25H35N3O2/c1-5-27(4)17-23-8-6-7-22(13-23)14-26-25(29)24-11-9-21(10-12-24)18-28-15-19(2)30-20(3)16-28/h6-13,19-20H,5,14-18H2,1-4H3,(H,26,29). The number of ether oxygens (including phenoxy) is 1. The molecule has 1 aliphatic rings. The van der Waals surface area contributed by atoms with Crippen LogP contribution in [0, 0.1) is 0 Å². The average Bonchev–Trinajstić information content (AvgIpc) is 2.72. The van der Waals surface area contributed by atoms with E-state index in [1.54, 1.807) is 0 Å². The molecule has 0 radical (unpaired) electrons. The van der Waals surface area contributed by atoms with Crippen LogP contribution in [0.2, 0.25) is 0 Å². The van der Waals surface area contributed by atoms with Crippen molar-refractivity contribution in [1.29, 1.82) is 0 Å². The topological polar surface area (TPSA) is 44.8 Å². The number of carbonyl (C=O) groups excluding carboxylic acids is 1. The van der Waals surface area contributed by atoms with Gasteiger partial charge in [-0.25, -0.2) is 0 Å². The van der Waals surface area contributed by atoms with Gasteiger partial charge in [-0.1, -0.05) is 43.3 Å². The number of nitrogens with zero attached hydrogens (tertiary/aromatic N) is 2. The minimum atomic E-state index is -0.0359. The van der Waals surface area contributed by atoms with Crippen molar-refractivity contribution in [1.82, 2.24) is 15.1 Å². The Hall–Kier alpha value is -2.21. The zero-order valence-electron chi connectivity index (χ0n) is 18.7. The lowest BCUT2D eigenvalue weighted by atomic mass is 10.1. The Morgan fingerprint density at radius 3 is 2.40 bits per heavy atom. The first-order chi connectivity index (χ1) is 14.4. The molecule has 0 bridgehead atoms. The molecule has 1 aliphatic heterocycles. The maximum absolute atomic E-state index is 12.6. The number of amides is 1. The fourth-order valence-corrected chi connectivity index (χ4v) is 3.98. The Morgan fingerprint density at radius 1 is 1.07 bits per heavy atom. The summed E-state index contributed by atoms with van der Waals surface area (Å²) in [5.41, 5.74) is 4.31. The van der Waals surface area contributed by atoms with Crippen molar-refractivity contribution in [2.24, 2.45) is 0 Å². The number of morpholine rings is 1. The summed E-state index contributed by atoms with van der Waals surface area (Å²) in [6.07, 6.45) is 0.527. The van der Waals surface area contributed by atoms with Crippen molar-refractivity contribution >= 4 is 5.91 Å². The molecule has 30 heavy (non-hydrogen) atoms. The smallest absolute Gasteiger partial charge is 0.251 e. The van der Waals surface area contributed by atoms with Crippen molar-refractivity contribution in [3.63, 3.8) is 0 Å². The number of carbonyl (C=O) groups is 1. The molecular formula is C25H35N3O2. The molecule has 3 rings (SSSR count). The van der Waals surface area contributed by atoms with Crippen LogP contribution in [0.1, 0.15) is 47.8 Å². The summed E-state index contributed by atoms with van der Waals surface area (Å²) in [7, 11) is 2.11. The zero-order valence-corrected chi connectivity index (χ0v) is 18.7. The molecule has 5 nitrogen and oxygen atoms in total. The Bertz CT molecular complexity index is 811. The average molecular weight is 410 g/mol. The molecule has 1 saturated heterocycles. The largest absolute Gasteiger partial charge is 0.373 e. The summed E-state index contributed by atoms with van der Waals surface area (Å²) in [6, 6.07) is 16.4. The van der Waals surface area contributed by atoms with Gasteiger partial charge in [-0.15, -0.1) is 0 Å². The highest BCUT2D eigenvalue weighted by Crippen LogP contribution is 2.15. The van der Waals surface area contributed by atoms with Crippen LogP contribution >= 0.6 is 0 Å². The summed E-state index contributed by atoms with van der Waals surface area (Å²) < 4.78 is 5.80. The molecular weight excluding hydrogens is 374 g/mol. The molecule has 1 N–H and O–H groups in total. The normalized spacial score (nSPS) is 19.8.